The molecular weight excluding hydrogens is 432 g/mol. The lowest BCUT2D eigenvalue weighted by molar-refractivity contribution is 0.0540. The Balaban J connectivity index is 1.32. The highest BCUT2D eigenvalue weighted by atomic mass is 32.1. The summed E-state index contributed by atoms with van der Waals surface area (Å²) in [7, 11) is 1.62. The minimum absolute atomic E-state index is 0.00684. The molecule has 0 atom stereocenters. The van der Waals surface area contributed by atoms with Crippen molar-refractivity contribution < 1.29 is 19.1 Å². The van der Waals surface area contributed by atoms with Crippen LogP contribution in [0, 0.1) is 6.92 Å². The third-order valence-electron chi connectivity index (χ3n) is 5.16. The van der Waals surface area contributed by atoms with Crippen LogP contribution >= 0.6 is 22.7 Å². The van der Waals surface area contributed by atoms with Crippen LogP contribution in [0.15, 0.2) is 47.2 Å². The fourth-order valence-corrected chi connectivity index (χ4v) is 5.00. The van der Waals surface area contributed by atoms with Gasteiger partial charge in [0.15, 0.2) is 11.5 Å². The van der Waals surface area contributed by atoms with Gasteiger partial charge in [0.1, 0.15) is 6.61 Å². The fraction of sp³-hybridized carbons (Fsp3) is 0.304. The van der Waals surface area contributed by atoms with Crippen LogP contribution in [-0.4, -0.2) is 54.9 Å². The van der Waals surface area contributed by atoms with Crippen molar-refractivity contribution in [2.45, 2.75) is 13.5 Å². The minimum Gasteiger partial charge on any atom is -0.493 e. The number of benzene rings is 1. The second kappa shape index (κ2) is 9.53. The molecule has 0 N–H and O–H groups in total. The van der Waals surface area contributed by atoms with E-state index in [9.17, 15) is 9.59 Å². The van der Waals surface area contributed by atoms with E-state index in [1.165, 1.54) is 22.7 Å². The lowest BCUT2D eigenvalue weighted by atomic mass is 10.2. The van der Waals surface area contributed by atoms with Gasteiger partial charge in [-0.3, -0.25) is 9.59 Å². The maximum atomic E-state index is 12.9. The summed E-state index contributed by atoms with van der Waals surface area (Å²) >= 11 is 2.87. The lowest BCUT2D eigenvalue weighted by Gasteiger charge is -2.34. The van der Waals surface area contributed by atoms with Crippen molar-refractivity contribution in [1.82, 2.24) is 9.80 Å². The normalized spacial score (nSPS) is 13.9. The molecule has 8 heteroatoms. The van der Waals surface area contributed by atoms with E-state index in [1.54, 1.807) is 7.11 Å². The quantitative estimate of drug-likeness (QED) is 0.555. The number of methoxy groups -OCH3 is 1. The van der Waals surface area contributed by atoms with E-state index in [2.05, 4.69) is 0 Å². The Bertz CT molecular complexity index is 1050. The number of nitrogens with zero attached hydrogens (tertiary/aromatic N) is 2. The molecule has 3 aromatic rings. The van der Waals surface area contributed by atoms with E-state index in [-0.39, 0.29) is 11.8 Å². The highest BCUT2D eigenvalue weighted by Gasteiger charge is 2.26. The smallest absolute Gasteiger partial charge is 0.264 e. The summed E-state index contributed by atoms with van der Waals surface area (Å²) in [4.78, 5) is 30.4. The first kappa shape index (κ1) is 21.4. The third-order valence-corrected chi connectivity index (χ3v) is 6.99. The standard InChI is InChI=1S/C23H24N2O4S2/c1-16-5-6-18(19(12-16)28-2)29-14-17-13-21(31-15-17)23(27)25-9-7-24(8-10-25)22(26)20-4-3-11-30-20/h3-6,11-13,15H,7-10,14H2,1-2H3. The van der Waals surface area contributed by atoms with Gasteiger partial charge in [-0.25, -0.2) is 0 Å². The van der Waals surface area contributed by atoms with Gasteiger partial charge in [-0.1, -0.05) is 12.1 Å². The molecule has 0 saturated carbocycles. The first-order valence-electron chi connectivity index (χ1n) is 10.0. The van der Waals surface area contributed by atoms with Crippen LogP contribution in [0.3, 0.4) is 0 Å². The molecule has 0 bridgehead atoms. The molecule has 1 fully saturated rings. The number of amides is 2. The Hall–Kier alpha value is -2.84. The Morgan fingerprint density at radius 3 is 2.29 bits per heavy atom. The summed E-state index contributed by atoms with van der Waals surface area (Å²) in [5, 5.41) is 3.85. The van der Waals surface area contributed by atoms with E-state index in [0.29, 0.717) is 49.2 Å². The summed E-state index contributed by atoms with van der Waals surface area (Å²) in [5.41, 5.74) is 2.05. The van der Waals surface area contributed by atoms with Gasteiger partial charge in [0.2, 0.25) is 0 Å². The molecule has 0 spiro atoms. The minimum atomic E-state index is 0.00684. The van der Waals surface area contributed by atoms with E-state index < -0.39 is 0 Å². The molecule has 31 heavy (non-hydrogen) atoms. The third kappa shape index (κ3) is 4.91. The summed E-state index contributed by atoms with van der Waals surface area (Å²) in [6, 6.07) is 11.4. The Morgan fingerprint density at radius 2 is 1.65 bits per heavy atom. The highest BCUT2D eigenvalue weighted by molar-refractivity contribution is 7.12. The van der Waals surface area contributed by atoms with E-state index >= 15 is 0 Å². The molecule has 1 aliphatic heterocycles. The molecule has 2 aromatic heterocycles. The van der Waals surface area contributed by atoms with Crippen LogP contribution in [-0.2, 0) is 6.61 Å². The number of carbonyl (C=O) groups is 2. The molecule has 162 valence electrons. The van der Waals surface area contributed by atoms with Gasteiger partial charge in [-0.2, -0.15) is 0 Å². The summed E-state index contributed by atoms with van der Waals surface area (Å²) in [6.45, 7) is 4.56. The molecule has 4 rings (SSSR count). The number of hydrogen-bond donors (Lipinski definition) is 0. The van der Waals surface area contributed by atoms with Gasteiger partial charge in [0, 0.05) is 31.7 Å². The number of rotatable bonds is 6. The van der Waals surface area contributed by atoms with Crippen molar-refractivity contribution in [3.63, 3.8) is 0 Å². The molecule has 0 aliphatic carbocycles. The van der Waals surface area contributed by atoms with Crippen molar-refractivity contribution in [1.29, 1.82) is 0 Å². The molecule has 3 heterocycles. The Labute approximate surface area is 189 Å². The van der Waals surface area contributed by atoms with Crippen LogP contribution in [0.1, 0.15) is 30.5 Å². The number of thiophene rings is 2. The first-order valence-corrected chi connectivity index (χ1v) is 11.8. The highest BCUT2D eigenvalue weighted by Crippen LogP contribution is 2.29. The predicted molar refractivity (Wildman–Crippen MR) is 123 cm³/mol. The molecule has 0 unspecified atom stereocenters. The van der Waals surface area contributed by atoms with Gasteiger partial charge in [0.05, 0.1) is 16.9 Å². The zero-order chi connectivity index (χ0) is 21.8. The number of carbonyl (C=O) groups excluding carboxylic acids is 2. The van der Waals surface area contributed by atoms with Gasteiger partial charge in [-0.05, 0) is 47.5 Å². The van der Waals surface area contributed by atoms with Crippen molar-refractivity contribution in [2.24, 2.45) is 0 Å². The molecular formula is C23H24N2O4S2. The van der Waals surface area contributed by atoms with Crippen molar-refractivity contribution in [3.05, 3.63) is 68.0 Å². The van der Waals surface area contributed by atoms with Gasteiger partial charge in [0.25, 0.3) is 11.8 Å². The number of ether oxygens (including phenoxy) is 2. The van der Waals surface area contributed by atoms with Crippen LogP contribution in [0.2, 0.25) is 0 Å². The summed E-state index contributed by atoms with van der Waals surface area (Å²) < 4.78 is 11.3. The van der Waals surface area contributed by atoms with Crippen LogP contribution < -0.4 is 9.47 Å². The van der Waals surface area contributed by atoms with Crippen molar-refractivity contribution in [3.8, 4) is 11.5 Å². The topological polar surface area (TPSA) is 59.1 Å². The average molecular weight is 457 g/mol. The molecule has 1 saturated heterocycles. The molecule has 0 radical (unpaired) electrons. The van der Waals surface area contributed by atoms with Crippen LogP contribution in [0.5, 0.6) is 11.5 Å². The molecule has 6 nitrogen and oxygen atoms in total. The van der Waals surface area contributed by atoms with E-state index in [0.717, 1.165) is 16.0 Å². The average Bonchev–Trinajstić information content (AvgIpc) is 3.50. The largest absolute Gasteiger partial charge is 0.493 e. The fourth-order valence-electron chi connectivity index (χ4n) is 3.44. The maximum Gasteiger partial charge on any atom is 0.264 e. The summed E-state index contributed by atoms with van der Waals surface area (Å²) in [5.74, 6) is 1.43. The monoisotopic (exact) mass is 456 g/mol. The van der Waals surface area contributed by atoms with Crippen LogP contribution in [0.25, 0.3) is 0 Å². The zero-order valence-corrected chi connectivity index (χ0v) is 19.1. The maximum absolute atomic E-state index is 12.9. The second-order valence-electron chi connectivity index (χ2n) is 7.32. The second-order valence-corrected chi connectivity index (χ2v) is 9.18. The van der Waals surface area contributed by atoms with E-state index in [4.69, 9.17) is 9.47 Å². The van der Waals surface area contributed by atoms with E-state index in [1.807, 2.05) is 63.9 Å². The number of piperazine rings is 1. The number of aryl methyl sites for hydroxylation is 1. The van der Waals surface area contributed by atoms with Crippen molar-refractivity contribution >= 4 is 34.5 Å². The SMILES string of the molecule is COc1cc(C)ccc1OCc1csc(C(=O)N2CCN(C(=O)c3cccs3)CC2)c1. The Morgan fingerprint density at radius 1 is 0.935 bits per heavy atom. The number of hydrogen-bond acceptors (Lipinski definition) is 6. The summed E-state index contributed by atoms with van der Waals surface area (Å²) in [6.07, 6.45) is 0. The van der Waals surface area contributed by atoms with Gasteiger partial charge >= 0.3 is 0 Å². The first-order chi connectivity index (χ1) is 15.0. The van der Waals surface area contributed by atoms with Gasteiger partial charge in [-0.15, -0.1) is 22.7 Å². The lowest BCUT2D eigenvalue weighted by Crippen LogP contribution is -2.50. The van der Waals surface area contributed by atoms with Gasteiger partial charge < -0.3 is 19.3 Å². The Kier molecular flexibility index (Phi) is 6.58. The van der Waals surface area contributed by atoms with Crippen LogP contribution in [0.4, 0.5) is 0 Å². The zero-order valence-electron chi connectivity index (χ0n) is 17.5. The molecule has 1 aromatic carbocycles. The molecule has 1 aliphatic rings. The predicted octanol–water partition coefficient (Wildman–Crippen LogP) is 4.30. The molecule has 2 amide bonds. The van der Waals surface area contributed by atoms with Crippen molar-refractivity contribution in [2.75, 3.05) is 33.3 Å².